The van der Waals surface area contributed by atoms with E-state index in [-0.39, 0.29) is 6.03 Å². The van der Waals surface area contributed by atoms with Crippen LogP contribution in [0.3, 0.4) is 0 Å². The van der Waals surface area contributed by atoms with Crippen LogP contribution in [0.1, 0.15) is 57.8 Å². The Labute approximate surface area is 211 Å². The quantitative estimate of drug-likeness (QED) is 0.326. The Hall–Kier alpha value is -2.85. The molecule has 1 aliphatic carbocycles. The van der Waals surface area contributed by atoms with Crippen LogP contribution in [-0.2, 0) is 0 Å². The Bertz CT molecular complexity index is 956. The molecule has 1 spiro atoms. The number of anilines is 1. The van der Waals surface area contributed by atoms with Crippen LogP contribution in [0.2, 0.25) is 0 Å². The van der Waals surface area contributed by atoms with Crippen LogP contribution in [0.4, 0.5) is 10.5 Å². The molecule has 0 saturated carbocycles. The van der Waals surface area contributed by atoms with Crippen LogP contribution in [0, 0.1) is 5.41 Å². The van der Waals surface area contributed by atoms with E-state index in [1.165, 1.54) is 57.2 Å². The van der Waals surface area contributed by atoms with Crippen LogP contribution >= 0.6 is 0 Å². The van der Waals surface area contributed by atoms with Crippen LogP contribution in [-0.4, -0.2) is 37.1 Å². The number of allylic oxidation sites excluding steroid dienone is 4. The minimum atomic E-state index is -0.128. The molecule has 4 rings (SSSR count). The summed E-state index contributed by atoms with van der Waals surface area (Å²) in [6, 6.07) is 18.1. The fourth-order valence-electron chi connectivity index (χ4n) is 5.34. The topological polar surface area (TPSA) is 44.4 Å². The van der Waals surface area contributed by atoms with E-state index in [1.807, 2.05) is 42.5 Å². The summed E-state index contributed by atoms with van der Waals surface area (Å²) in [5.74, 6) is 0. The standard InChI is InChI=1S/C31H41N3O/c35-30(33-29-17-15-28(16-18-29)27-13-7-6-8-14-27)32-23-11-12-24-34-25-21-31(22-26-34)19-9-4-2-1-3-5-10-20-31/h1-2,5-8,10,13-18H,3-4,9,11-12,19-26H2,(H2,32,33,35)/b2-1-,10-5-. The second kappa shape index (κ2) is 13.3. The van der Waals surface area contributed by atoms with Gasteiger partial charge in [-0.05, 0) is 106 Å². The first kappa shape index (κ1) is 25.2. The van der Waals surface area contributed by atoms with Gasteiger partial charge in [0.2, 0.25) is 0 Å². The van der Waals surface area contributed by atoms with Gasteiger partial charge >= 0.3 is 6.03 Å². The van der Waals surface area contributed by atoms with Crippen molar-refractivity contribution < 1.29 is 4.79 Å². The average Bonchev–Trinajstić information content (AvgIpc) is 2.90. The lowest BCUT2D eigenvalue weighted by atomic mass is 9.72. The SMILES string of the molecule is O=C(NCCCCN1CCC2(C/C=C\C/C=C\CCC2)CC1)Nc1ccc(-c2ccccc2)cc1. The van der Waals surface area contributed by atoms with Gasteiger partial charge in [0.05, 0.1) is 0 Å². The van der Waals surface area contributed by atoms with Crippen molar-refractivity contribution >= 4 is 11.7 Å². The van der Waals surface area contributed by atoms with Crippen LogP contribution in [0.5, 0.6) is 0 Å². The minimum absolute atomic E-state index is 0.128. The van der Waals surface area contributed by atoms with E-state index in [2.05, 4.69) is 52.0 Å². The van der Waals surface area contributed by atoms with E-state index in [1.54, 1.807) is 0 Å². The molecule has 0 radical (unpaired) electrons. The van der Waals surface area contributed by atoms with Gasteiger partial charge in [0.25, 0.3) is 0 Å². The van der Waals surface area contributed by atoms with E-state index >= 15 is 0 Å². The van der Waals surface area contributed by atoms with Gasteiger partial charge in [-0.15, -0.1) is 0 Å². The number of benzene rings is 2. The number of unbranched alkanes of at least 4 members (excludes halogenated alkanes) is 1. The molecule has 1 aliphatic heterocycles. The van der Waals surface area contributed by atoms with Gasteiger partial charge in [-0.1, -0.05) is 66.8 Å². The van der Waals surface area contributed by atoms with E-state index in [0.29, 0.717) is 12.0 Å². The summed E-state index contributed by atoms with van der Waals surface area (Å²) in [6.45, 7) is 4.29. The zero-order valence-corrected chi connectivity index (χ0v) is 21.1. The van der Waals surface area contributed by atoms with Gasteiger partial charge < -0.3 is 15.5 Å². The van der Waals surface area contributed by atoms with Crippen LogP contribution in [0.25, 0.3) is 11.1 Å². The average molecular weight is 472 g/mol. The number of piperidine rings is 1. The summed E-state index contributed by atoms with van der Waals surface area (Å²) >= 11 is 0. The van der Waals surface area contributed by atoms with Gasteiger partial charge in [0.15, 0.2) is 0 Å². The summed E-state index contributed by atoms with van der Waals surface area (Å²) in [7, 11) is 0. The summed E-state index contributed by atoms with van der Waals surface area (Å²) in [6.07, 6.45) is 20.5. The number of carbonyl (C=O) groups excluding carboxylic acids is 1. The molecule has 2 aromatic rings. The predicted molar refractivity (Wildman–Crippen MR) is 148 cm³/mol. The van der Waals surface area contributed by atoms with E-state index in [0.717, 1.165) is 37.1 Å². The Morgan fingerprint density at radius 1 is 0.829 bits per heavy atom. The van der Waals surface area contributed by atoms with Gasteiger partial charge in [-0.3, -0.25) is 0 Å². The van der Waals surface area contributed by atoms with Crippen LogP contribution in [0.15, 0.2) is 78.9 Å². The molecular weight excluding hydrogens is 430 g/mol. The lowest BCUT2D eigenvalue weighted by molar-refractivity contribution is 0.0940. The number of rotatable bonds is 7. The summed E-state index contributed by atoms with van der Waals surface area (Å²) in [5, 5.41) is 5.95. The Kier molecular flexibility index (Phi) is 9.59. The van der Waals surface area contributed by atoms with Crippen molar-refractivity contribution in [2.45, 2.75) is 57.8 Å². The first-order valence-electron chi connectivity index (χ1n) is 13.5. The van der Waals surface area contributed by atoms with Gasteiger partial charge in [0.1, 0.15) is 0 Å². The third kappa shape index (κ3) is 8.10. The molecule has 35 heavy (non-hydrogen) atoms. The second-order valence-corrected chi connectivity index (χ2v) is 10.1. The van der Waals surface area contributed by atoms with Crippen molar-refractivity contribution in [1.82, 2.24) is 10.2 Å². The molecule has 2 N–H and O–H groups in total. The molecule has 2 aliphatic rings. The zero-order chi connectivity index (χ0) is 24.2. The third-order valence-electron chi connectivity index (χ3n) is 7.59. The van der Waals surface area contributed by atoms with Crippen molar-refractivity contribution in [3.63, 3.8) is 0 Å². The fraction of sp³-hybridized carbons (Fsp3) is 0.452. The van der Waals surface area contributed by atoms with Gasteiger partial charge in [-0.25, -0.2) is 4.79 Å². The van der Waals surface area contributed by atoms with Crippen molar-refractivity contribution in [1.29, 1.82) is 0 Å². The maximum absolute atomic E-state index is 12.3. The molecule has 4 nitrogen and oxygen atoms in total. The summed E-state index contributed by atoms with van der Waals surface area (Å²) < 4.78 is 0. The summed E-state index contributed by atoms with van der Waals surface area (Å²) in [4.78, 5) is 14.9. The molecule has 4 heteroatoms. The number of likely N-dealkylation sites (tertiary alicyclic amines) is 1. The monoisotopic (exact) mass is 471 g/mol. The molecule has 0 atom stereocenters. The number of nitrogens with zero attached hydrogens (tertiary/aromatic N) is 1. The Morgan fingerprint density at radius 2 is 1.57 bits per heavy atom. The molecule has 0 unspecified atom stereocenters. The molecule has 0 bridgehead atoms. The highest BCUT2D eigenvalue weighted by Crippen LogP contribution is 2.40. The number of amides is 2. The Balaban J connectivity index is 1.10. The highest BCUT2D eigenvalue weighted by molar-refractivity contribution is 5.89. The number of urea groups is 1. The number of hydrogen-bond acceptors (Lipinski definition) is 2. The minimum Gasteiger partial charge on any atom is -0.338 e. The van der Waals surface area contributed by atoms with E-state index < -0.39 is 0 Å². The fourth-order valence-corrected chi connectivity index (χ4v) is 5.34. The first-order valence-corrected chi connectivity index (χ1v) is 13.5. The van der Waals surface area contributed by atoms with Gasteiger partial charge in [-0.2, -0.15) is 0 Å². The molecule has 2 amide bonds. The largest absolute Gasteiger partial charge is 0.338 e. The number of nitrogens with one attached hydrogen (secondary N) is 2. The van der Waals surface area contributed by atoms with Gasteiger partial charge in [0, 0.05) is 12.2 Å². The third-order valence-corrected chi connectivity index (χ3v) is 7.59. The van der Waals surface area contributed by atoms with Crippen molar-refractivity contribution in [2.75, 3.05) is 31.5 Å². The van der Waals surface area contributed by atoms with Crippen LogP contribution < -0.4 is 10.6 Å². The molecule has 2 aromatic carbocycles. The van der Waals surface area contributed by atoms with Crippen molar-refractivity contribution in [3.8, 4) is 11.1 Å². The predicted octanol–water partition coefficient (Wildman–Crippen LogP) is 7.41. The second-order valence-electron chi connectivity index (χ2n) is 10.1. The summed E-state index contributed by atoms with van der Waals surface area (Å²) in [5.41, 5.74) is 3.67. The smallest absolute Gasteiger partial charge is 0.319 e. The molecule has 1 heterocycles. The first-order chi connectivity index (χ1) is 17.2. The Morgan fingerprint density at radius 3 is 2.37 bits per heavy atom. The normalized spacial score (nSPS) is 20.1. The molecule has 1 saturated heterocycles. The van der Waals surface area contributed by atoms with E-state index in [4.69, 9.17) is 0 Å². The highest BCUT2D eigenvalue weighted by Gasteiger charge is 2.32. The maximum Gasteiger partial charge on any atom is 0.319 e. The maximum atomic E-state index is 12.3. The lowest BCUT2D eigenvalue weighted by Crippen LogP contribution is -2.40. The van der Waals surface area contributed by atoms with E-state index in [9.17, 15) is 4.79 Å². The molecule has 186 valence electrons. The molecular formula is C31H41N3O. The van der Waals surface area contributed by atoms with Crippen molar-refractivity contribution in [3.05, 3.63) is 78.9 Å². The highest BCUT2D eigenvalue weighted by atomic mass is 16.2. The number of hydrogen-bond donors (Lipinski definition) is 2. The lowest BCUT2D eigenvalue weighted by Gasteiger charge is -2.42. The molecule has 0 aromatic heterocycles. The van der Waals surface area contributed by atoms with Crippen molar-refractivity contribution in [2.24, 2.45) is 5.41 Å². The number of carbonyl (C=O) groups is 1. The molecule has 1 fully saturated rings. The zero-order valence-electron chi connectivity index (χ0n) is 21.1.